The second-order valence-corrected chi connectivity index (χ2v) is 4.75. The fraction of sp³-hybridized carbons (Fsp3) is 0.556. The molecule has 0 saturated carbocycles. The molecule has 0 radical (unpaired) electrons. The minimum absolute atomic E-state index is 0.0411. The highest BCUT2D eigenvalue weighted by atomic mass is 79.9. The van der Waals surface area contributed by atoms with Gasteiger partial charge in [0.25, 0.3) is 0 Å². The molecule has 1 aliphatic rings. The van der Waals surface area contributed by atoms with Crippen LogP contribution in [0.4, 0.5) is 0 Å². The number of ether oxygens (including phenoxy) is 1. The van der Waals surface area contributed by atoms with Crippen LogP contribution in [0.1, 0.15) is 13.8 Å². The first kappa shape index (κ1) is 9.01. The van der Waals surface area contributed by atoms with Gasteiger partial charge in [0.1, 0.15) is 0 Å². The van der Waals surface area contributed by atoms with Crippen LogP contribution in [0.25, 0.3) is 0 Å². The molecule has 0 saturated heterocycles. The molecule has 0 aromatic carbocycles. The van der Waals surface area contributed by atoms with Crippen LogP contribution in [-0.4, -0.2) is 17.5 Å². The first-order valence-corrected chi connectivity index (χ1v) is 4.45. The zero-order valence-electron chi connectivity index (χ0n) is 7.10. The van der Waals surface area contributed by atoms with Gasteiger partial charge in [-0.25, -0.2) is 0 Å². The Morgan fingerprint density at radius 1 is 1.64 bits per heavy atom. The highest BCUT2D eigenvalue weighted by Gasteiger charge is 2.31. The fourth-order valence-electron chi connectivity index (χ4n) is 1.42. The number of alkyl halides is 1. The Balaban J connectivity index is 2.88. The van der Waals surface area contributed by atoms with Gasteiger partial charge in [-0.15, -0.1) is 0 Å². The summed E-state index contributed by atoms with van der Waals surface area (Å²) in [6, 6.07) is 0. The van der Waals surface area contributed by atoms with Gasteiger partial charge in [-0.2, -0.15) is 0 Å². The van der Waals surface area contributed by atoms with E-state index >= 15 is 0 Å². The van der Waals surface area contributed by atoms with Crippen LogP contribution in [0.2, 0.25) is 0 Å². The summed E-state index contributed by atoms with van der Waals surface area (Å²) in [7, 11) is 1.74. The molecule has 0 N–H and O–H groups in total. The van der Waals surface area contributed by atoms with E-state index in [2.05, 4.69) is 48.0 Å². The van der Waals surface area contributed by atoms with Crippen LogP contribution in [0.5, 0.6) is 0 Å². The summed E-state index contributed by atoms with van der Waals surface area (Å²) in [5, 5.41) is 0. The number of rotatable bonds is 1. The van der Waals surface area contributed by atoms with Gasteiger partial charge in [-0.1, -0.05) is 34.2 Å². The second-order valence-electron chi connectivity index (χ2n) is 3.04. The predicted molar refractivity (Wildman–Crippen MR) is 51.0 cm³/mol. The van der Waals surface area contributed by atoms with Crippen molar-refractivity contribution < 1.29 is 4.74 Å². The molecular formula is C9H13BrO. The predicted octanol–water partition coefficient (Wildman–Crippen LogP) is 2.67. The lowest BCUT2D eigenvalue weighted by Crippen LogP contribution is -2.35. The molecule has 1 aliphatic carbocycles. The molecule has 0 amide bonds. The van der Waals surface area contributed by atoms with Crippen LogP contribution < -0.4 is 0 Å². The highest BCUT2D eigenvalue weighted by molar-refractivity contribution is 9.10. The smallest absolute Gasteiger partial charge is 0.0967 e. The maximum absolute atomic E-state index is 5.35. The summed E-state index contributed by atoms with van der Waals surface area (Å²) in [4.78, 5) is 0. The minimum Gasteiger partial charge on any atom is -0.375 e. The van der Waals surface area contributed by atoms with Crippen molar-refractivity contribution in [3.8, 4) is 0 Å². The number of methoxy groups -OCH3 is 1. The van der Waals surface area contributed by atoms with Crippen LogP contribution >= 0.6 is 15.9 Å². The van der Waals surface area contributed by atoms with Crippen LogP contribution in [0.15, 0.2) is 23.8 Å². The van der Waals surface area contributed by atoms with E-state index in [9.17, 15) is 0 Å². The lowest BCUT2D eigenvalue weighted by atomic mass is 9.93. The Morgan fingerprint density at radius 3 is 2.64 bits per heavy atom. The summed E-state index contributed by atoms with van der Waals surface area (Å²) in [5.74, 6) is 0. The van der Waals surface area contributed by atoms with E-state index < -0.39 is 0 Å². The van der Waals surface area contributed by atoms with Crippen LogP contribution in [0, 0.1) is 0 Å². The third-order valence-electron chi connectivity index (χ3n) is 1.94. The summed E-state index contributed by atoms with van der Waals surface area (Å²) in [6.45, 7) is 4.19. The third-order valence-corrected chi connectivity index (χ3v) is 2.62. The Morgan fingerprint density at radius 2 is 2.27 bits per heavy atom. The van der Waals surface area contributed by atoms with E-state index in [4.69, 9.17) is 4.74 Å². The molecule has 0 bridgehead atoms. The SMILES string of the molecule is COC1C(C)=CC=CC1(C)Br. The van der Waals surface area contributed by atoms with Gasteiger partial charge < -0.3 is 4.74 Å². The quantitative estimate of drug-likeness (QED) is 0.613. The maximum Gasteiger partial charge on any atom is 0.0967 e. The molecular weight excluding hydrogens is 204 g/mol. The Bertz CT molecular complexity index is 204. The highest BCUT2D eigenvalue weighted by Crippen LogP contribution is 2.32. The van der Waals surface area contributed by atoms with Gasteiger partial charge in [0.15, 0.2) is 0 Å². The van der Waals surface area contributed by atoms with E-state index in [1.807, 2.05) is 0 Å². The van der Waals surface area contributed by atoms with E-state index in [0.29, 0.717) is 0 Å². The number of halogens is 1. The zero-order chi connectivity index (χ0) is 8.48. The molecule has 0 aliphatic heterocycles. The van der Waals surface area contributed by atoms with Gasteiger partial charge in [-0.05, 0) is 19.4 Å². The molecule has 0 fully saturated rings. The number of hydrogen-bond donors (Lipinski definition) is 0. The lowest BCUT2D eigenvalue weighted by molar-refractivity contribution is 0.116. The van der Waals surface area contributed by atoms with Crippen molar-refractivity contribution in [3.05, 3.63) is 23.8 Å². The van der Waals surface area contributed by atoms with Crippen molar-refractivity contribution in [1.82, 2.24) is 0 Å². The Kier molecular flexibility index (Phi) is 2.55. The zero-order valence-corrected chi connectivity index (χ0v) is 8.68. The average Bonchev–Trinajstić information content (AvgIpc) is 1.86. The van der Waals surface area contributed by atoms with Crippen molar-refractivity contribution >= 4 is 15.9 Å². The second kappa shape index (κ2) is 3.11. The molecule has 11 heavy (non-hydrogen) atoms. The lowest BCUT2D eigenvalue weighted by Gasteiger charge is -2.31. The molecule has 0 aromatic heterocycles. The summed E-state index contributed by atoms with van der Waals surface area (Å²) >= 11 is 3.61. The van der Waals surface area contributed by atoms with Crippen LogP contribution in [-0.2, 0) is 4.74 Å². The summed E-state index contributed by atoms with van der Waals surface area (Å²) < 4.78 is 5.31. The van der Waals surface area contributed by atoms with Gasteiger partial charge in [-0.3, -0.25) is 0 Å². The third kappa shape index (κ3) is 1.74. The van der Waals surface area contributed by atoms with Crippen molar-refractivity contribution in [2.75, 3.05) is 7.11 Å². The van der Waals surface area contributed by atoms with Gasteiger partial charge in [0.2, 0.25) is 0 Å². The van der Waals surface area contributed by atoms with E-state index in [-0.39, 0.29) is 10.4 Å². The molecule has 2 heteroatoms. The number of hydrogen-bond acceptors (Lipinski definition) is 1. The molecule has 0 spiro atoms. The van der Waals surface area contributed by atoms with Gasteiger partial charge in [0, 0.05) is 7.11 Å². The fourth-order valence-corrected chi connectivity index (χ4v) is 2.12. The van der Waals surface area contributed by atoms with E-state index in [1.165, 1.54) is 5.57 Å². The van der Waals surface area contributed by atoms with Crippen molar-refractivity contribution in [2.45, 2.75) is 24.3 Å². The minimum atomic E-state index is -0.0411. The molecule has 0 heterocycles. The van der Waals surface area contributed by atoms with Crippen molar-refractivity contribution in [1.29, 1.82) is 0 Å². The van der Waals surface area contributed by atoms with Crippen molar-refractivity contribution in [2.24, 2.45) is 0 Å². The molecule has 2 unspecified atom stereocenters. The standard InChI is InChI=1S/C9H13BrO/c1-7-5-4-6-9(2,10)8(7)11-3/h4-6,8H,1-3H3. The molecule has 0 aromatic rings. The summed E-state index contributed by atoms with van der Waals surface area (Å²) in [5.41, 5.74) is 1.26. The maximum atomic E-state index is 5.35. The first-order chi connectivity index (χ1) is 5.08. The molecule has 2 atom stereocenters. The Labute approximate surface area is 76.3 Å². The van der Waals surface area contributed by atoms with E-state index in [0.717, 1.165) is 0 Å². The van der Waals surface area contributed by atoms with Gasteiger partial charge >= 0.3 is 0 Å². The number of allylic oxidation sites excluding steroid dienone is 2. The van der Waals surface area contributed by atoms with Gasteiger partial charge in [0.05, 0.1) is 10.4 Å². The normalized spacial score (nSPS) is 37.1. The Hall–Kier alpha value is -0.0800. The van der Waals surface area contributed by atoms with Crippen LogP contribution in [0.3, 0.4) is 0 Å². The van der Waals surface area contributed by atoms with E-state index in [1.54, 1.807) is 7.11 Å². The monoisotopic (exact) mass is 216 g/mol. The average molecular weight is 217 g/mol. The summed E-state index contributed by atoms with van der Waals surface area (Å²) in [6.07, 6.45) is 6.40. The molecule has 1 rings (SSSR count). The topological polar surface area (TPSA) is 9.23 Å². The molecule has 62 valence electrons. The first-order valence-electron chi connectivity index (χ1n) is 3.65. The molecule has 1 nitrogen and oxygen atoms in total. The largest absolute Gasteiger partial charge is 0.375 e. The van der Waals surface area contributed by atoms with Crippen molar-refractivity contribution in [3.63, 3.8) is 0 Å².